The molecular weight excluding hydrogens is 462 g/mol. The first-order valence-electron chi connectivity index (χ1n) is 10.3. The number of ether oxygens (including phenoxy) is 1. The zero-order valence-corrected chi connectivity index (χ0v) is 19.4. The van der Waals surface area contributed by atoms with E-state index < -0.39 is 10.0 Å². The average molecular weight is 484 g/mol. The van der Waals surface area contributed by atoms with Gasteiger partial charge in [-0.2, -0.15) is 14.1 Å². The highest BCUT2D eigenvalue weighted by molar-refractivity contribution is 7.89. The van der Waals surface area contributed by atoms with Gasteiger partial charge in [-0.05, 0) is 43.3 Å². The van der Waals surface area contributed by atoms with E-state index in [1.165, 1.54) is 39.9 Å². The fraction of sp³-hybridized carbons (Fsp3) is 0.227. The molecule has 1 saturated heterocycles. The summed E-state index contributed by atoms with van der Waals surface area (Å²) in [6.07, 6.45) is 0. The number of hydrogen-bond donors (Lipinski definition) is 1. The summed E-state index contributed by atoms with van der Waals surface area (Å²) in [5.74, 6) is 0.120. The maximum atomic E-state index is 12.9. The van der Waals surface area contributed by atoms with E-state index in [2.05, 4.69) is 15.4 Å². The molecule has 11 heteroatoms. The average Bonchev–Trinajstić information content (AvgIpc) is 3.42. The lowest BCUT2D eigenvalue weighted by Crippen LogP contribution is -2.40. The number of hydrogen-bond acceptors (Lipinski definition) is 7. The number of benzene rings is 2. The van der Waals surface area contributed by atoms with Crippen LogP contribution in [0.4, 0.5) is 5.82 Å². The molecule has 2 aromatic heterocycles. The van der Waals surface area contributed by atoms with Gasteiger partial charge in [-0.25, -0.2) is 13.4 Å². The first-order valence-corrected chi connectivity index (χ1v) is 12.6. The molecule has 1 aliphatic heterocycles. The van der Waals surface area contributed by atoms with Gasteiger partial charge in [0.25, 0.3) is 5.91 Å². The summed E-state index contributed by atoms with van der Waals surface area (Å²) in [7, 11) is -3.62. The molecule has 1 amide bonds. The molecule has 0 saturated carbocycles. The second-order valence-corrected chi connectivity index (χ2v) is 10.5. The molecule has 0 radical (unpaired) electrons. The monoisotopic (exact) mass is 483 g/mol. The van der Waals surface area contributed by atoms with Crippen molar-refractivity contribution >= 4 is 43.3 Å². The molecule has 2 aromatic carbocycles. The molecular formula is C22H21N5O4S2. The third-order valence-corrected chi connectivity index (χ3v) is 8.19. The van der Waals surface area contributed by atoms with Gasteiger partial charge in [-0.1, -0.05) is 23.5 Å². The van der Waals surface area contributed by atoms with Crippen LogP contribution in [0.5, 0.6) is 0 Å². The van der Waals surface area contributed by atoms with Gasteiger partial charge in [0.1, 0.15) is 5.82 Å². The summed E-state index contributed by atoms with van der Waals surface area (Å²) in [6.45, 7) is 3.23. The highest BCUT2D eigenvalue weighted by Gasteiger charge is 2.26. The van der Waals surface area contributed by atoms with Crippen LogP contribution in [0.15, 0.2) is 59.5 Å². The number of fused-ring (bicyclic) bond motifs is 1. The van der Waals surface area contributed by atoms with Gasteiger partial charge >= 0.3 is 0 Å². The first kappa shape index (κ1) is 21.7. The van der Waals surface area contributed by atoms with Crippen molar-refractivity contribution in [3.8, 4) is 5.13 Å². The number of amides is 1. The molecule has 3 heterocycles. The minimum absolute atomic E-state index is 0.149. The highest BCUT2D eigenvalue weighted by atomic mass is 32.2. The fourth-order valence-electron chi connectivity index (χ4n) is 3.59. The van der Waals surface area contributed by atoms with Crippen molar-refractivity contribution in [2.24, 2.45) is 0 Å². The molecule has 0 spiro atoms. The third kappa shape index (κ3) is 4.27. The Morgan fingerprint density at radius 1 is 1.09 bits per heavy atom. The lowest BCUT2D eigenvalue weighted by Gasteiger charge is -2.26. The van der Waals surface area contributed by atoms with E-state index in [1.54, 1.807) is 10.7 Å². The molecule has 0 aliphatic carbocycles. The van der Waals surface area contributed by atoms with Crippen molar-refractivity contribution in [1.82, 2.24) is 19.1 Å². The number of carbonyl (C=O) groups is 1. The number of carbonyl (C=O) groups excluding carboxylic acids is 1. The number of anilines is 1. The second-order valence-electron chi connectivity index (χ2n) is 7.54. The highest BCUT2D eigenvalue weighted by Crippen LogP contribution is 2.27. The Labute approximate surface area is 194 Å². The van der Waals surface area contributed by atoms with E-state index in [1.807, 2.05) is 31.2 Å². The van der Waals surface area contributed by atoms with Gasteiger partial charge in [0, 0.05) is 24.7 Å². The molecule has 4 aromatic rings. The summed E-state index contributed by atoms with van der Waals surface area (Å²) in [5, 5.41) is 7.98. The molecule has 9 nitrogen and oxygen atoms in total. The first-order chi connectivity index (χ1) is 15.9. The van der Waals surface area contributed by atoms with E-state index in [0.29, 0.717) is 42.8 Å². The van der Waals surface area contributed by atoms with Crippen LogP contribution in [0.25, 0.3) is 15.3 Å². The van der Waals surface area contributed by atoms with Crippen LogP contribution in [0, 0.1) is 6.92 Å². The Hall–Kier alpha value is -3.12. The van der Waals surface area contributed by atoms with Crippen LogP contribution in [0.3, 0.4) is 0 Å². The zero-order valence-electron chi connectivity index (χ0n) is 17.8. The standard InChI is InChI=1S/C22H21N5O4S2/c1-15-14-20(27(25-15)22-23-18-4-2-3-5-19(18)32-22)24-21(28)16-6-8-17(9-7-16)33(29,30)26-10-12-31-13-11-26/h2-9,14H,10-13H2,1H3,(H,24,28). The molecule has 1 aliphatic rings. The van der Waals surface area contributed by atoms with Crippen molar-refractivity contribution in [3.63, 3.8) is 0 Å². The van der Waals surface area contributed by atoms with Crippen LogP contribution in [0.2, 0.25) is 0 Å². The van der Waals surface area contributed by atoms with Crippen molar-refractivity contribution in [2.45, 2.75) is 11.8 Å². The number of nitrogens with one attached hydrogen (secondary N) is 1. The Morgan fingerprint density at radius 2 is 1.82 bits per heavy atom. The number of sulfonamides is 1. The smallest absolute Gasteiger partial charge is 0.256 e. The summed E-state index contributed by atoms with van der Waals surface area (Å²) < 4.78 is 34.8. The molecule has 0 atom stereocenters. The quantitative estimate of drug-likeness (QED) is 0.468. The minimum Gasteiger partial charge on any atom is -0.379 e. The number of aromatic nitrogens is 3. The van der Waals surface area contributed by atoms with Crippen LogP contribution < -0.4 is 5.32 Å². The van der Waals surface area contributed by atoms with Crippen LogP contribution in [0.1, 0.15) is 16.1 Å². The second kappa shape index (κ2) is 8.67. The Kier molecular flexibility index (Phi) is 5.71. The number of nitrogens with zero attached hydrogens (tertiary/aromatic N) is 4. The fourth-order valence-corrected chi connectivity index (χ4v) is 5.93. The predicted molar refractivity (Wildman–Crippen MR) is 125 cm³/mol. The number of aryl methyl sites for hydroxylation is 1. The molecule has 5 rings (SSSR count). The summed E-state index contributed by atoms with van der Waals surface area (Å²) in [4.78, 5) is 17.7. The molecule has 1 fully saturated rings. The maximum Gasteiger partial charge on any atom is 0.256 e. The Morgan fingerprint density at radius 3 is 2.55 bits per heavy atom. The van der Waals surface area contributed by atoms with Crippen LogP contribution >= 0.6 is 11.3 Å². The van der Waals surface area contributed by atoms with Crippen LogP contribution in [-0.2, 0) is 14.8 Å². The van der Waals surface area contributed by atoms with E-state index in [-0.39, 0.29) is 10.8 Å². The van der Waals surface area contributed by atoms with E-state index in [9.17, 15) is 13.2 Å². The van der Waals surface area contributed by atoms with Crippen molar-refractivity contribution < 1.29 is 17.9 Å². The SMILES string of the molecule is Cc1cc(NC(=O)c2ccc(S(=O)(=O)N3CCOCC3)cc2)n(-c2nc3ccccc3s2)n1. The number of para-hydroxylation sites is 1. The van der Waals surface area contributed by atoms with E-state index in [0.717, 1.165) is 15.9 Å². The van der Waals surface area contributed by atoms with E-state index in [4.69, 9.17) is 4.74 Å². The van der Waals surface area contributed by atoms with Gasteiger partial charge in [0.05, 0.1) is 34.0 Å². The molecule has 0 bridgehead atoms. The van der Waals surface area contributed by atoms with Crippen molar-refractivity contribution in [2.75, 3.05) is 31.6 Å². The molecule has 170 valence electrons. The molecule has 33 heavy (non-hydrogen) atoms. The van der Waals surface area contributed by atoms with E-state index >= 15 is 0 Å². The number of rotatable bonds is 5. The lowest BCUT2D eigenvalue weighted by atomic mass is 10.2. The van der Waals surface area contributed by atoms with Crippen molar-refractivity contribution in [3.05, 3.63) is 65.9 Å². The van der Waals surface area contributed by atoms with Crippen molar-refractivity contribution in [1.29, 1.82) is 0 Å². The summed E-state index contributed by atoms with van der Waals surface area (Å²) in [5.41, 5.74) is 1.93. The van der Waals surface area contributed by atoms with Crippen LogP contribution in [-0.4, -0.2) is 59.7 Å². The predicted octanol–water partition coefficient (Wildman–Crippen LogP) is 3.06. The minimum atomic E-state index is -3.62. The van der Waals surface area contributed by atoms with Gasteiger partial charge in [-0.3, -0.25) is 4.79 Å². The Bertz CT molecular complexity index is 1390. The largest absolute Gasteiger partial charge is 0.379 e. The van der Waals surface area contributed by atoms with Gasteiger partial charge < -0.3 is 10.1 Å². The third-order valence-electron chi connectivity index (χ3n) is 5.26. The molecule has 1 N–H and O–H groups in total. The van der Waals surface area contributed by atoms with Gasteiger partial charge in [0.15, 0.2) is 0 Å². The lowest BCUT2D eigenvalue weighted by molar-refractivity contribution is 0.0730. The topological polar surface area (TPSA) is 106 Å². The summed E-state index contributed by atoms with van der Waals surface area (Å²) >= 11 is 1.48. The number of thiazole rings is 1. The molecule has 0 unspecified atom stereocenters. The number of morpholine rings is 1. The van der Waals surface area contributed by atoms with Gasteiger partial charge in [-0.15, -0.1) is 0 Å². The zero-order chi connectivity index (χ0) is 23.0. The normalized spacial score (nSPS) is 15.1. The maximum absolute atomic E-state index is 12.9. The Balaban J connectivity index is 1.37. The summed E-state index contributed by atoms with van der Waals surface area (Å²) in [6, 6.07) is 15.5. The van der Waals surface area contributed by atoms with Gasteiger partial charge in [0.2, 0.25) is 15.2 Å².